The number of para-hydroxylation sites is 1. The zero-order valence-corrected chi connectivity index (χ0v) is 15.6. The van der Waals surface area contributed by atoms with Crippen molar-refractivity contribution in [3.05, 3.63) is 42.2 Å². The molecule has 2 aromatic rings. The lowest BCUT2D eigenvalue weighted by atomic mass is 10.0. The highest BCUT2D eigenvalue weighted by molar-refractivity contribution is 7.99. The van der Waals surface area contributed by atoms with Crippen LogP contribution in [0.25, 0.3) is 5.69 Å². The number of carbonyl (C=O) groups is 2. The first-order chi connectivity index (χ1) is 12.0. The van der Waals surface area contributed by atoms with Crippen LogP contribution < -0.4 is 10.6 Å². The molecule has 0 radical (unpaired) electrons. The molecule has 0 aliphatic rings. The van der Waals surface area contributed by atoms with Gasteiger partial charge in [0.15, 0.2) is 5.16 Å². The Hall–Kier alpha value is -2.28. The van der Waals surface area contributed by atoms with Gasteiger partial charge in [-0.05, 0) is 24.0 Å². The van der Waals surface area contributed by atoms with Crippen molar-refractivity contribution in [2.45, 2.75) is 38.3 Å². The minimum atomic E-state index is -0.457. The van der Waals surface area contributed by atoms with Gasteiger partial charge in [0.05, 0.1) is 11.4 Å². The number of imidazole rings is 1. The van der Waals surface area contributed by atoms with Crippen LogP contribution in [0.3, 0.4) is 0 Å². The molecule has 1 aromatic heterocycles. The Kier molecular flexibility index (Phi) is 7.06. The van der Waals surface area contributed by atoms with Crippen molar-refractivity contribution in [3.63, 3.8) is 0 Å². The van der Waals surface area contributed by atoms with Gasteiger partial charge in [0.2, 0.25) is 5.91 Å². The maximum atomic E-state index is 11.9. The number of nitrogens with one attached hydrogen (secondary N) is 2. The van der Waals surface area contributed by atoms with Crippen molar-refractivity contribution in [2.24, 2.45) is 0 Å². The second-order valence-electron chi connectivity index (χ2n) is 5.89. The third-order valence-corrected chi connectivity index (χ3v) is 4.51. The van der Waals surface area contributed by atoms with Gasteiger partial charge >= 0.3 is 6.03 Å². The van der Waals surface area contributed by atoms with E-state index in [1.807, 2.05) is 35.9 Å². The molecule has 0 atom stereocenters. The highest BCUT2D eigenvalue weighted by Gasteiger charge is 2.14. The van der Waals surface area contributed by atoms with E-state index < -0.39 is 6.03 Å². The summed E-state index contributed by atoms with van der Waals surface area (Å²) in [4.78, 5) is 27.8. The van der Waals surface area contributed by atoms with Gasteiger partial charge in [0, 0.05) is 18.9 Å². The normalized spacial score (nSPS) is 10.7. The fourth-order valence-corrected chi connectivity index (χ4v) is 3.12. The molecular weight excluding hydrogens is 336 g/mol. The highest BCUT2D eigenvalue weighted by atomic mass is 32.2. The lowest BCUT2D eigenvalue weighted by molar-refractivity contribution is -0.117. The molecule has 2 rings (SSSR count). The van der Waals surface area contributed by atoms with E-state index in [0.717, 1.165) is 17.3 Å². The summed E-state index contributed by atoms with van der Waals surface area (Å²) >= 11 is 1.30. The number of hydrogen-bond donors (Lipinski definition) is 2. The number of thioether (sulfide) groups is 1. The summed E-state index contributed by atoms with van der Waals surface area (Å²) in [7, 11) is 0. The number of aromatic nitrogens is 2. The van der Waals surface area contributed by atoms with E-state index in [-0.39, 0.29) is 11.7 Å². The summed E-state index contributed by atoms with van der Waals surface area (Å²) in [5, 5.41) is 5.65. The average Bonchev–Trinajstić information content (AvgIpc) is 3.06. The number of imide groups is 1. The number of benzene rings is 1. The van der Waals surface area contributed by atoms with Crippen LogP contribution in [0, 0.1) is 0 Å². The summed E-state index contributed by atoms with van der Waals surface area (Å²) in [6.45, 7) is 6.78. The van der Waals surface area contributed by atoms with Gasteiger partial charge < -0.3 is 5.32 Å². The largest absolute Gasteiger partial charge is 0.338 e. The van der Waals surface area contributed by atoms with Crippen LogP contribution in [0.4, 0.5) is 4.79 Å². The zero-order chi connectivity index (χ0) is 18.2. The molecule has 7 heteroatoms. The summed E-state index contributed by atoms with van der Waals surface area (Å²) in [6.07, 6.45) is 4.42. The topological polar surface area (TPSA) is 76.0 Å². The molecule has 3 amide bonds. The Morgan fingerprint density at radius 3 is 2.76 bits per heavy atom. The lowest BCUT2D eigenvalue weighted by Crippen LogP contribution is -2.40. The van der Waals surface area contributed by atoms with E-state index in [1.54, 1.807) is 6.20 Å². The minimum Gasteiger partial charge on any atom is -0.338 e. The molecule has 0 aliphatic heterocycles. The number of carbonyl (C=O) groups excluding carboxylic acids is 2. The maximum Gasteiger partial charge on any atom is 0.321 e. The van der Waals surface area contributed by atoms with E-state index in [1.165, 1.54) is 17.3 Å². The monoisotopic (exact) mass is 360 g/mol. The molecule has 0 saturated carbocycles. The molecule has 0 fully saturated rings. The molecule has 25 heavy (non-hydrogen) atoms. The third-order valence-electron chi connectivity index (χ3n) is 3.55. The quantitative estimate of drug-likeness (QED) is 0.743. The van der Waals surface area contributed by atoms with Crippen LogP contribution in [-0.4, -0.2) is 33.8 Å². The third kappa shape index (κ3) is 5.35. The highest BCUT2D eigenvalue weighted by Crippen LogP contribution is 2.26. The summed E-state index contributed by atoms with van der Waals surface area (Å²) in [5.41, 5.74) is 2.27. The predicted molar refractivity (Wildman–Crippen MR) is 100 cm³/mol. The Labute approximate surface area is 152 Å². The predicted octanol–water partition coefficient (Wildman–Crippen LogP) is 3.32. The first-order valence-corrected chi connectivity index (χ1v) is 9.34. The smallest absolute Gasteiger partial charge is 0.321 e. The summed E-state index contributed by atoms with van der Waals surface area (Å²) in [6, 6.07) is 7.69. The summed E-state index contributed by atoms with van der Waals surface area (Å²) in [5.74, 6) is 0.160. The number of urea groups is 1. The molecule has 0 aliphatic carbocycles. The van der Waals surface area contributed by atoms with E-state index in [2.05, 4.69) is 35.5 Å². The van der Waals surface area contributed by atoms with Crippen LogP contribution >= 0.6 is 11.8 Å². The number of amides is 3. The fourth-order valence-electron chi connectivity index (χ4n) is 2.35. The van der Waals surface area contributed by atoms with Crippen LogP contribution in [0.1, 0.15) is 38.7 Å². The maximum absolute atomic E-state index is 11.9. The van der Waals surface area contributed by atoms with Gasteiger partial charge in [-0.1, -0.05) is 50.7 Å². The Morgan fingerprint density at radius 1 is 1.28 bits per heavy atom. The number of hydrogen-bond acceptors (Lipinski definition) is 4. The average molecular weight is 360 g/mol. The molecule has 2 N–H and O–H groups in total. The van der Waals surface area contributed by atoms with Crippen LogP contribution in [-0.2, 0) is 4.79 Å². The molecule has 6 nitrogen and oxygen atoms in total. The molecular formula is C18H24N4O2S. The second kappa shape index (κ2) is 9.27. The Balaban J connectivity index is 2.03. The molecule has 0 spiro atoms. The van der Waals surface area contributed by atoms with Crippen molar-refractivity contribution >= 4 is 23.7 Å². The number of rotatable bonds is 7. The van der Waals surface area contributed by atoms with Crippen LogP contribution in [0.15, 0.2) is 41.8 Å². The SMILES string of the molecule is CCCNC(=O)NC(=O)CSc1nccn1-c1ccccc1C(C)C. The van der Waals surface area contributed by atoms with E-state index in [4.69, 9.17) is 0 Å². The fraction of sp³-hybridized carbons (Fsp3) is 0.389. The van der Waals surface area contributed by atoms with Crippen molar-refractivity contribution in [1.82, 2.24) is 20.2 Å². The van der Waals surface area contributed by atoms with Gasteiger partial charge in [-0.25, -0.2) is 9.78 Å². The minimum absolute atomic E-state index is 0.125. The second-order valence-corrected chi connectivity index (χ2v) is 6.83. The van der Waals surface area contributed by atoms with E-state index in [0.29, 0.717) is 12.5 Å². The molecule has 134 valence electrons. The first-order valence-electron chi connectivity index (χ1n) is 8.36. The molecule has 0 saturated heterocycles. The van der Waals surface area contributed by atoms with Gasteiger partial charge in [0.1, 0.15) is 0 Å². The molecule has 1 aromatic carbocycles. The van der Waals surface area contributed by atoms with Crippen LogP contribution in [0.5, 0.6) is 0 Å². The van der Waals surface area contributed by atoms with Gasteiger partial charge in [-0.15, -0.1) is 0 Å². The summed E-state index contributed by atoms with van der Waals surface area (Å²) < 4.78 is 1.98. The Bertz CT molecular complexity index is 727. The number of nitrogens with zero attached hydrogens (tertiary/aromatic N) is 2. The molecule has 1 heterocycles. The van der Waals surface area contributed by atoms with E-state index in [9.17, 15) is 9.59 Å². The van der Waals surface area contributed by atoms with E-state index >= 15 is 0 Å². The molecule has 0 bridgehead atoms. The van der Waals surface area contributed by atoms with Gasteiger partial charge in [0.25, 0.3) is 0 Å². The van der Waals surface area contributed by atoms with Crippen molar-refractivity contribution in [3.8, 4) is 5.69 Å². The Morgan fingerprint density at radius 2 is 2.04 bits per heavy atom. The zero-order valence-electron chi connectivity index (χ0n) is 14.8. The lowest BCUT2D eigenvalue weighted by Gasteiger charge is -2.15. The first kappa shape index (κ1) is 19.1. The van der Waals surface area contributed by atoms with Crippen molar-refractivity contribution in [2.75, 3.05) is 12.3 Å². The molecule has 0 unspecified atom stereocenters. The van der Waals surface area contributed by atoms with Gasteiger partial charge in [-0.2, -0.15) is 0 Å². The standard InChI is InChI=1S/C18H24N4O2S/c1-4-9-19-17(24)21-16(23)12-25-18-20-10-11-22(18)15-8-6-5-7-14(15)13(2)3/h5-8,10-11,13H,4,9,12H2,1-3H3,(H2,19,21,23,24). The van der Waals surface area contributed by atoms with Gasteiger partial charge in [-0.3, -0.25) is 14.7 Å². The van der Waals surface area contributed by atoms with Crippen molar-refractivity contribution in [1.29, 1.82) is 0 Å². The van der Waals surface area contributed by atoms with Crippen molar-refractivity contribution < 1.29 is 9.59 Å². The van der Waals surface area contributed by atoms with Crippen LogP contribution in [0.2, 0.25) is 0 Å².